The Morgan fingerprint density at radius 1 is 0.952 bits per heavy atom. The fourth-order valence-corrected chi connectivity index (χ4v) is 4.51. The average molecular weight is 593 g/mol. The van der Waals surface area contributed by atoms with Crippen molar-refractivity contribution in [1.82, 2.24) is 5.32 Å². The van der Waals surface area contributed by atoms with E-state index in [-0.39, 0.29) is 37.2 Å². The lowest BCUT2D eigenvalue weighted by atomic mass is 9.94. The first-order valence-electron chi connectivity index (χ1n) is 13.0. The Labute approximate surface area is 239 Å². The van der Waals surface area contributed by atoms with Crippen molar-refractivity contribution in [2.75, 3.05) is 13.1 Å². The fourth-order valence-electron chi connectivity index (χ4n) is 4.51. The first kappa shape index (κ1) is 32.3. The Hall–Kier alpha value is -4.22. The summed E-state index contributed by atoms with van der Waals surface area (Å²) in [4.78, 5) is 12.4. The molecule has 0 saturated heterocycles. The van der Waals surface area contributed by atoms with E-state index >= 15 is 0 Å². The molecule has 0 aliphatic carbocycles. The van der Waals surface area contributed by atoms with Gasteiger partial charge in [-0.3, -0.25) is 4.79 Å². The van der Waals surface area contributed by atoms with Gasteiger partial charge in [-0.25, -0.2) is 5.53 Å². The summed E-state index contributed by atoms with van der Waals surface area (Å²) in [6, 6.07) is 14.4. The molecule has 0 heterocycles. The van der Waals surface area contributed by atoms with Gasteiger partial charge >= 0.3 is 12.4 Å². The smallest absolute Gasteiger partial charge is 0.416 e. The van der Waals surface area contributed by atoms with Gasteiger partial charge in [0.1, 0.15) is 11.9 Å². The molecule has 3 N–H and O–H groups in total. The highest BCUT2D eigenvalue weighted by atomic mass is 19.4. The fraction of sp³-hybridized carbons (Fsp3) is 0.333. The van der Waals surface area contributed by atoms with Crippen molar-refractivity contribution in [3.05, 3.63) is 88.5 Å². The van der Waals surface area contributed by atoms with Gasteiger partial charge in [-0.1, -0.05) is 24.3 Å². The van der Waals surface area contributed by atoms with Crippen LogP contribution in [0.25, 0.3) is 11.1 Å². The summed E-state index contributed by atoms with van der Waals surface area (Å²) in [6.45, 7) is 3.35. The Bertz CT molecular complexity index is 1380. The summed E-state index contributed by atoms with van der Waals surface area (Å²) in [5, 5.41) is 13.2. The minimum atomic E-state index is -4.45. The lowest BCUT2D eigenvalue weighted by Crippen LogP contribution is -2.30. The van der Waals surface area contributed by atoms with Crippen LogP contribution in [0.4, 0.5) is 26.3 Å². The lowest BCUT2D eigenvalue weighted by Gasteiger charge is -2.22. The summed E-state index contributed by atoms with van der Waals surface area (Å²) >= 11 is 0. The minimum absolute atomic E-state index is 0.0393. The van der Waals surface area contributed by atoms with E-state index in [0.717, 1.165) is 28.8 Å². The number of benzene rings is 3. The number of nitrogens with zero attached hydrogens (tertiary/aromatic N) is 1. The van der Waals surface area contributed by atoms with Crippen LogP contribution in [0.5, 0.6) is 5.75 Å². The maximum Gasteiger partial charge on any atom is 0.416 e. The van der Waals surface area contributed by atoms with Crippen LogP contribution in [0.3, 0.4) is 0 Å². The van der Waals surface area contributed by atoms with E-state index in [1.54, 1.807) is 38.1 Å². The van der Waals surface area contributed by atoms with Gasteiger partial charge in [-0.2, -0.15) is 31.5 Å². The third-order valence-corrected chi connectivity index (χ3v) is 6.49. The van der Waals surface area contributed by atoms with Gasteiger partial charge in [0, 0.05) is 12.0 Å². The van der Waals surface area contributed by atoms with Crippen molar-refractivity contribution >= 4 is 11.6 Å². The van der Waals surface area contributed by atoms with Crippen LogP contribution in [-0.2, 0) is 6.18 Å². The molecule has 0 radical (unpaired) electrons. The SMILES string of the molecule is Cc1cc(OC(CCCC(F)(F)F)c2ccc(C(=O)NCC(=N)CN=N)cc2)cc(C)c1-c1ccc(C(F)(F)F)cc1. The standard InChI is InChI=1S/C30H30F6N4O2/c1-18-14-25(15-19(2)27(18)21-9-11-23(12-10-21)30(34,35)36)42-26(4-3-13-29(31,32)33)20-5-7-22(8-6-20)28(41)39-16-24(37)17-40-38/h5-12,14-15,26,37-38H,3-4,13,16-17H2,1-2H3,(H,39,41). The Kier molecular flexibility index (Phi) is 10.5. The van der Waals surface area contributed by atoms with Crippen molar-refractivity contribution in [2.24, 2.45) is 5.11 Å². The van der Waals surface area contributed by atoms with E-state index in [1.165, 1.54) is 24.3 Å². The molecular weight excluding hydrogens is 562 g/mol. The number of hydrogen-bond donors (Lipinski definition) is 3. The number of rotatable bonds is 12. The summed E-state index contributed by atoms with van der Waals surface area (Å²) in [7, 11) is 0. The van der Waals surface area contributed by atoms with E-state index in [4.69, 9.17) is 15.7 Å². The quantitative estimate of drug-likeness (QED) is 0.111. The zero-order chi connectivity index (χ0) is 31.1. The molecule has 6 nitrogen and oxygen atoms in total. The number of carbonyl (C=O) groups is 1. The second-order valence-electron chi connectivity index (χ2n) is 9.85. The number of nitrogens with one attached hydrogen (secondary N) is 3. The first-order chi connectivity index (χ1) is 19.7. The highest BCUT2D eigenvalue weighted by Crippen LogP contribution is 2.36. The molecule has 0 spiro atoms. The Balaban J connectivity index is 1.82. The summed E-state index contributed by atoms with van der Waals surface area (Å²) in [6.07, 6.45) is -10.7. The highest BCUT2D eigenvalue weighted by Gasteiger charge is 2.30. The highest BCUT2D eigenvalue weighted by molar-refractivity contribution is 5.97. The second kappa shape index (κ2) is 13.6. The van der Waals surface area contributed by atoms with Gasteiger partial charge in [0.2, 0.25) is 0 Å². The molecule has 0 bridgehead atoms. The van der Waals surface area contributed by atoms with Crippen molar-refractivity contribution in [2.45, 2.75) is 51.6 Å². The molecule has 0 fully saturated rings. The number of alkyl halides is 6. The predicted octanol–water partition coefficient (Wildman–Crippen LogP) is 8.62. The Morgan fingerprint density at radius 2 is 1.55 bits per heavy atom. The third-order valence-electron chi connectivity index (χ3n) is 6.49. The van der Waals surface area contributed by atoms with Gasteiger partial charge in [0.15, 0.2) is 0 Å². The van der Waals surface area contributed by atoms with Crippen LogP contribution in [0, 0.1) is 24.8 Å². The van der Waals surface area contributed by atoms with Gasteiger partial charge in [-0.15, -0.1) is 0 Å². The van der Waals surface area contributed by atoms with E-state index in [2.05, 4.69) is 10.4 Å². The summed E-state index contributed by atoms with van der Waals surface area (Å²) in [5.74, 6) is -0.0752. The second-order valence-corrected chi connectivity index (χ2v) is 9.85. The number of hydrogen-bond acceptors (Lipinski definition) is 5. The number of halogens is 6. The largest absolute Gasteiger partial charge is 0.486 e. The van der Waals surface area contributed by atoms with Crippen LogP contribution in [-0.4, -0.2) is 30.9 Å². The van der Waals surface area contributed by atoms with Crippen LogP contribution < -0.4 is 10.1 Å². The monoisotopic (exact) mass is 592 g/mol. The molecule has 3 aromatic carbocycles. The summed E-state index contributed by atoms with van der Waals surface area (Å²) < 4.78 is 83.8. The van der Waals surface area contributed by atoms with Crippen LogP contribution >= 0.6 is 0 Å². The van der Waals surface area contributed by atoms with Crippen LogP contribution in [0.2, 0.25) is 0 Å². The molecule has 1 amide bonds. The number of carbonyl (C=O) groups excluding carboxylic acids is 1. The maximum absolute atomic E-state index is 13.0. The third kappa shape index (κ3) is 9.15. The van der Waals surface area contributed by atoms with Gasteiger partial charge in [0.25, 0.3) is 5.91 Å². The van der Waals surface area contributed by atoms with E-state index in [9.17, 15) is 31.1 Å². The van der Waals surface area contributed by atoms with E-state index < -0.39 is 36.3 Å². The zero-order valence-corrected chi connectivity index (χ0v) is 22.9. The minimum Gasteiger partial charge on any atom is -0.486 e. The van der Waals surface area contributed by atoms with Gasteiger partial charge in [-0.05, 0) is 90.9 Å². The molecule has 224 valence electrons. The van der Waals surface area contributed by atoms with E-state index in [1.807, 2.05) is 0 Å². The number of amides is 1. The topological polar surface area (TPSA) is 98.4 Å². The number of ether oxygens (including phenoxy) is 1. The molecule has 0 saturated carbocycles. The molecule has 0 aliphatic heterocycles. The molecule has 1 unspecified atom stereocenters. The van der Waals surface area contributed by atoms with Gasteiger partial charge < -0.3 is 15.5 Å². The van der Waals surface area contributed by atoms with Crippen LogP contribution in [0.15, 0.2) is 65.8 Å². The van der Waals surface area contributed by atoms with Crippen molar-refractivity contribution < 1.29 is 35.9 Å². The van der Waals surface area contributed by atoms with Crippen LogP contribution in [0.1, 0.15) is 58.0 Å². The Morgan fingerprint density at radius 3 is 2.07 bits per heavy atom. The molecule has 1 atom stereocenters. The molecular formula is C30H30F6N4O2. The molecule has 12 heteroatoms. The average Bonchev–Trinajstić information content (AvgIpc) is 2.90. The van der Waals surface area contributed by atoms with Crippen molar-refractivity contribution in [3.8, 4) is 16.9 Å². The number of aryl methyl sites for hydroxylation is 2. The first-order valence-corrected chi connectivity index (χ1v) is 13.0. The summed E-state index contributed by atoms with van der Waals surface area (Å²) in [5.41, 5.74) is 9.65. The predicted molar refractivity (Wildman–Crippen MR) is 146 cm³/mol. The molecule has 3 rings (SSSR count). The zero-order valence-electron chi connectivity index (χ0n) is 22.9. The molecule has 0 aliphatic rings. The van der Waals surface area contributed by atoms with Crippen molar-refractivity contribution in [1.29, 1.82) is 10.9 Å². The normalized spacial score (nSPS) is 12.5. The lowest BCUT2D eigenvalue weighted by molar-refractivity contribution is -0.138. The van der Waals surface area contributed by atoms with Gasteiger partial charge in [0.05, 0.1) is 24.4 Å². The van der Waals surface area contributed by atoms with E-state index in [0.29, 0.717) is 16.9 Å². The molecule has 42 heavy (non-hydrogen) atoms. The maximum atomic E-state index is 13.0. The molecule has 3 aromatic rings. The van der Waals surface area contributed by atoms with Crippen molar-refractivity contribution in [3.63, 3.8) is 0 Å². The molecule has 0 aromatic heterocycles.